The summed E-state index contributed by atoms with van der Waals surface area (Å²) in [5.41, 5.74) is 0. The van der Waals surface area contributed by atoms with E-state index >= 15 is 0 Å². The molecule has 120 valence electrons. The average molecular weight is 347 g/mol. The molecular weight excluding hydrogens is 331 g/mol. The molecule has 0 bridgehead atoms. The minimum absolute atomic E-state index is 0.0108. The Morgan fingerprint density at radius 3 is 2.50 bits per heavy atom. The molecule has 2 rings (SSSR count). The molecule has 0 amide bonds. The first-order valence-electron chi connectivity index (χ1n) is 6.61. The number of aromatic nitrogens is 3. The summed E-state index contributed by atoms with van der Waals surface area (Å²) in [6.07, 6.45) is 3.04. The molecule has 1 N–H and O–H groups in total. The summed E-state index contributed by atoms with van der Waals surface area (Å²) in [5, 5.41) is 7.70. The maximum absolute atomic E-state index is 13.2. The molecule has 0 saturated heterocycles. The molecule has 1 atom stereocenters. The van der Waals surface area contributed by atoms with Crippen LogP contribution in [0.25, 0.3) is 0 Å². The molecule has 9 heteroatoms. The van der Waals surface area contributed by atoms with E-state index in [0.717, 1.165) is 12.1 Å². The molecule has 0 aliphatic heterocycles. The van der Waals surface area contributed by atoms with Crippen molar-refractivity contribution in [3.05, 3.63) is 41.4 Å². The molecule has 0 unspecified atom stereocenters. The molecular formula is C13H16ClFN4O2S. The number of nitrogens with zero attached hydrogens (tertiary/aromatic N) is 3. The first-order chi connectivity index (χ1) is 10.3. The fraction of sp³-hybridized carbons (Fsp3) is 0.385. The van der Waals surface area contributed by atoms with Crippen LogP contribution in [0.5, 0.6) is 0 Å². The lowest BCUT2D eigenvalue weighted by atomic mass is 10.1. The van der Waals surface area contributed by atoms with Crippen molar-refractivity contribution in [3.8, 4) is 0 Å². The van der Waals surface area contributed by atoms with Crippen LogP contribution in [-0.4, -0.2) is 29.5 Å². The number of hydrogen-bond donors (Lipinski definition) is 1. The van der Waals surface area contributed by atoms with Gasteiger partial charge in [0.05, 0.1) is 28.9 Å². The predicted molar refractivity (Wildman–Crippen MR) is 80.4 cm³/mol. The lowest BCUT2D eigenvalue weighted by Crippen LogP contribution is -2.41. The minimum Gasteiger partial charge on any atom is -0.207 e. The number of halogens is 2. The summed E-state index contributed by atoms with van der Waals surface area (Å²) in [4.78, 5) is 1.32. The summed E-state index contributed by atoms with van der Waals surface area (Å²) in [7, 11) is -3.82. The summed E-state index contributed by atoms with van der Waals surface area (Å²) in [6.45, 7) is 4.06. The fourth-order valence-corrected chi connectivity index (χ4v) is 3.46. The average Bonchev–Trinajstić information content (AvgIpc) is 2.93. The molecule has 2 aromatic rings. The van der Waals surface area contributed by atoms with Crippen molar-refractivity contribution in [1.29, 1.82) is 0 Å². The van der Waals surface area contributed by atoms with Crippen molar-refractivity contribution >= 4 is 21.6 Å². The number of rotatable bonds is 6. The third-order valence-corrected chi connectivity index (χ3v) is 4.92. The van der Waals surface area contributed by atoms with Gasteiger partial charge in [0.1, 0.15) is 5.82 Å². The van der Waals surface area contributed by atoms with E-state index in [4.69, 9.17) is 11.6 Å². The predicted octanol–water partition coefficient (Wildman–Crippen LogP) is 2.07. The first-order valence-corrected chi connectivity index (χ1v) is 8.47. The van der Waals surface area contributed by atoms with Crippen molar-refractivity contribution in [3.63, 3.8) is 0 Å². The van der Waals surface area contributed by atoms with Crippen molar-refractivity contribution in [2.24, 2.45) is 5.92 Å². The zero-order valence-corrected chi connectivity index (χ0v) is 13.6. The minimum atomic E-state index is -3.82. The highest BCUT2D eigenvalue weighted by atomic mass is 35.5. The van der Waals surface area contributed by atoms with E-state index < -0.39 is 21.9 Å². The summed E-state index contributed by atoms with van der Waals surface area (Å²) in [6, 6.07) is 2.87. The summed E-state index contributed by atoms with van der Waals surface area (Å²) < 4.78 is 40.5. The number of sulfonamides is 1. The highest BCUT2D eigenvalue weighted by Crippen LogP contribution is 2.20. The molecule has 22 heavy (non-hydrogen) atoms. The quantitative estimate of drug-likeness (QED) is 0.868. The molecule has 0 aliphatic rings. The second-order valence-electron chi connectivity index (χ2n) is 5.13. The van der Waals surface area contributed by atoms with Gasteiger partial charge in [0.2, 0.25) is 10.0 Å². The maximum Gasteiger partial charge on any atom is 0.240 e. The van der Waals surface area contributed by atoms with Gasteiger partial charge in [0.15, 0.2) is 0 Å². The van der Waals surface area contributed by atoms with Gasteiger partial charge in [-0.2, -0.15) is 15.0 Å². The van der Waals surface area contributed by atoms with Gasteiger partial charge in [-0.3, -0.25) is 0 Å². The normalized spacial score (nSPS) is 13.5. The Kier molecular flexibility index (Phi) is 5.15. The van der Waals surface area contributed by atoms with E-state index in [-0.39, 0.29) is 15.8 Å². The first kappa shape index (κ1) is 16.9. The standard InChI is InChI=1S/C13H16ClFN4O2S/c1-9(2)13(8-19-16-5-6-17-19)18-22(20,21)10-3-4-12(15)11(14)7-10/h3-7,9,13,18H,8H2,1-2H3/t13-/m1/s1. The van der Waals surface area contributed by atoms with Crippen molar-refractivity contribution in [1.82, 2.24) is 19.7 Å². The Labute approximate surface area is 133 Å². The van der Waals surface area contributed by atoms with Gasteiger partial charge >= 0.3 is 0 Å². The maximum atomic E-state index is 13.2. The van der Waals surface area contributed by atoms with Crippen molar-refractivity contribution in [2.45, 2.75) is 31.3 Å². The van der Waals surface area contributed by atoms with E-state index in [2.05, 4.69) is 14.9 Å². The smallest absolute Gasteiger partial charge is 0.207 e. The van der Waals surface area contributed by atoms with Crippen LogP contribution in [0.15, 0.2) is 35.5 Å². The van der Waals surface area contributed by atoms with Gasteiger partial charge in [0, 0.05) is 6.04 Å². The Balaban J connectivity index is 2.22. The van der Waals surface area contributed by atoms with Gasteiger partial charge in [0.25, 0.3) is 0 Å². The van der Waals surface area contributed by atoms with Gasteiger partial charge < -0.3 is 0 Å². The molecule has 0 radical (unpaired) electrons. The molecule has 6 nitrogen and oxygen atoms in total. The summed E-state index contributed by atoms with van der Waals surface area (Å²) >= 11 is 5.64. The second-order valence-corrected chi connectivity index (χ2v) is 7.25. The lowest BCUT2D eigenvalue weighted by molar-refractivity contribution is 0.361. The van der Waals surface area contributed by atoms with Crippen LogP contribution in [0.2, 0.25) is 5.02 Å². The highest BCUT2D eigenvalue weighted by Gasteiger charge is 2.24. The zero-order chi connectivity index (χ0) is 16.3. The fourth-order valence-electron chi connectivity index (χ4n) is 1.81. The van der Waals surface area contributed by atoms with Gasteiger partial charge in [-0.05, 0) is 24.1 Å². The van der Waals surface area contributed by atoms with Gasteiger partial charge in [-0.15, -0.1) is 0 Å². The van der Waals surface area contributed by atoms with Gasteiger partial charge in [-0.1, -0.05) is 25.4 Å². The van der Waals surface area contributed by atoms with Crippen LogP contribution >= 0.6 is 11.6 Å². The van der Waals surface area contributed by atoms with E-state index in [1.54, 1.807) is 0 Å². The largest absolute Gasteiger partial charge is 0.240 e. The van der Waals surface area contributed by atoms with Gasteiger partial charge in [-0.25, -0.2) is 17.5 Å². The van der Waals surface area contributed by atoms with Crippen LogP contribution in [-0.2, 0) is 16.6 Å². The number of hydrogen-bond acceptors (Lipinski definition) is 4. The zero-order valence-electron chi connectivity index (χ0n) is 12.1. The third kappa shape index (κ3) is 4.02. The van der Waals surface area contributed by atoms with E-state index in [1.807, 2.05) is 13.8 Å². The third-order valence-electron chi connectivity index (χ3n) is 3.14. The number of nitrogens with one attached hydrogen (secondary N) is 1. The van der Waals surface area contributed by atoms with Crippen molar-refractivity contribution < 1.29 is 12.8 Å². The lowest BCUT2D eigenvalue weighted by Gasteiger charge is -2.21. The van der Waals surface area contributed by atoms with Crippen LogP contribution in [0.4, 0.5) is 4.39 Å². The van der Waals surface area contributed by atoms with Crippen LogP contribution in [0, 0.1) is 11.7 Å². The van der Waals surface area contributed by atoms with E-state index in [9.17, 15) is 12.8 Å². The van der Waals surface area contributed by atoms with Crippen LogP contribution in [0.1, 0.15) is 13.8 Å². The van der Waals surface area contributed by atoms with Crippen molar-refractivity contribution in [2.75, 3.05) is 0 Å². The summed E-state index contributed by atoms with van der Waals surface area (Å²) in [5.74, 6) is -0.654. The van der Waals surface area contributed by atoms with Crippen LogP contribution < -0.4 is 4.72 Å². The van der Waals surface area contributed by atoms with E-state index in [0.29, 0.717) is 6.54 Å². The Bertz CT molecular complexity index is 735. The monoisotopic (exact) mass is 346 g/mol. The molecule has 0 aliphatic carbocycles. The second kappa shape index (κ2) is 6.72. The Morgan fingerprint density at radius 1 is 1.32 bits per heavy atom. The molecule has 1 aromatic heterocycles. The van der Waals surface area contributed by atoms with Crippen LogP contribution in [0.3, 0.4) is 0 Å². The molecule has 0 saturated carbocycles. The SMILES string of the molecule is CC(C)[C@@H](Cn1nccn1)NS(=O)(=O)c1ccc(F)c(Cl)c1. The topological polar surface area (TPSA) is 76.9 Å². The molecule has 0 spiro atoms. The number of benzene rings is 1. The molecule has 1 aromatic carbocycles. The Hall–Kier alpha value is -1.51. The molecule has 0 fully saturated rings. The highest BCUT2D eigenvalue weighted by molar-refractivity contribution is 7.89. The Morgan fingerprint density at radius 2 is 1.95 bits per heavy atom. The van der Waals surface area contributed by atoms with E-state index in [1.165, 1.54) is 23.3 Å². The molecule has 1 heterocycles.